The number of halogens is 1. The molecule has 1 aromatic rings. The number of alkyl halides is 1. The standard InChI is InChI=1S/C10H13FN2O6/c11-10(4-15)6(16)1-7(19-10)13-2-5(3-14)8(17)12-9(13)18/h2,6-7,14-16H,1,3-4H2,(H,12,17,18)/t6-,7+,10+/m0/s1. The van der Waals surface area contributed by atoms with Gasteiger partial charge in [-0.25, -0.2) is 9.18 Å². The van der Waals surface area contributed by atoms with E-state index >= 15 is 0 Å². The zero-order valence-electron chi connectivity index (χ0n) is 9.74. The third-order valence-corrected chi connectivity index (χ3v) is 2.99. The number of aromatic nitrogens is 2. The first-order valence-electron chi connectivity index (χ1n) is 5.52. The van der Waals surface area contributed by atoms with Gasteiger partial charge in [0.05, 0.1) is 12.2 Å². The molecular weight excluding hydrogens is 263 g/mol. The van der Waals surface area contributed by atoms with Crippen molar-refractivity contribution in [1.29, 1.82) is 0 Å². The van der Waals surface area contributed by atoms with Crippen LogP contribution in [0.5, 0.6) is 0 Å². The van der Waals surface area contributed by atoms with E-state index in [9.17, 15) is 19.1 Å². The minimum Gasteiger partial charge on any atom is -0.391 e. The van der Waals surface area contributed by atoms with Crippen molar-refractivity contribution < 1.29 is 24.4 Å². The van der Waals surface area contributed by atoms with Crippen LogP contribution in [0, 0.1) is 0 Å². The van der Waals surface area contributed by atoms with Gasteiger partial charge in [-0.1, -0.05) is 0 Å². The second-order valence-electron chi connectivity index (χ2n) is 4.25. The third-order valence-electron chi connectivity index (χ3n) is 2.99. The average molecular weight is 276 g/mol. The van der Waals surface area contributed by atoms with Crippen LogP contribution in [0.25, 0.3) is 0 Å². The van der Waals surface area contributed by atoms with Crippen LogP contribution in [0.1, 0.15) is 18.2 Å². The Hall–Kier alpha value is -1.55. The van der Waals surface area contributed by atoms with E-state index in [1.807, 2.05) is 4.98 Å². The van der Waals surface area contributed by atoms with Gasteiger partial charge in [-0.15, -0.1) is 0 Å². The largest absolute Gasteiger partial charge is 0.391 e. The molecule has 1 aliphatic rings. The molecule has 1 fully saturated rings. The van der Waals surface area contributed by atoms with E-state index in [0.717, 1.165) is 10.8 Å². The SMILES string of the molecule is O=c1[nH]c(=O)n([C@H]2C[C@H](O)[C@@](F)(CO)O2)cc1CO. The first kappa shape index (κ1) is 13.9. The number of rotatable bonds is 3. The summed E-state index contributed by atoms with van der Waals surface area (Å²) in [5.41, 5.74) is -1.71. The molecule has 8 nitrogen and oxygen atoms in total. The van der Waals surface area contributed by atoms with Crippen molar-refractivity contribution >= 4 is 0 Å². The van der Waals surface area contributed by atoms with E-state index in [0.29, 0.717) is 0 Å². The summed E-state index contributed by atoms with van der Waals surface area (Å²) in [4.78, 5) is 24.8. The fraction of sp³-hybridized carbons (Fsp3) is 0.600. The number of H-pyrrole nitrogens is 1. The maximum absolute atomic E-state index is 13.8. The lowest BCUT2D eigenvalue weighted by Crippen LogP contribution is -2.38. The normalized spacial score (nSPS) is 30.7. The van der Waals surface area contributed by atoms with Crippen LogP contribution in [0.2, 0.25) is 0 Å². The number of nitrogens with one attached hydrogen (secondary N) is 1. The predicted molar refractivity (Wildman–Crippen MR) is 58.9 cm³/mol. The Morgan fingerprint density at radius 1 is 1.53 bits per heavy atom. The molecule has 4 N–H and O–H groups in total. The van der Waals surface area contributed by atoms with Gasteiger partial charge >= 0.3 is 5.69 Å². The molecule has 0 aromatic carbocycles. The van der Waals surface area contributed by atoms with Crippen LogP contribution in [-0.4, -0.2) is 43.4 Å². The van der Waals surface area contributed by atoms with Gasteiger partial charge in [0, 0.05) is 12.6 Å². The van der Waals surface area contributed by atoms with Crippen LogP contribution >= 0.6 is 0 Å². The number of aliphatic hydroxyl groups excluding tert-OH is 3. The van der Waals surface area contributed by atoms with Gasteiger partial charge in [0.15, 0.2) is 0 Å². The molecule has 0 aliphatic carbocycles. The van der Waals surface area contributed by atoms with Crippen molar-refractivity contribution in [3.05, 3.63) is 32.6 Å². The van der Waals surface area contributed by atoms with Crippen LogP contribution < -0.4 is 11.2 Å². The van der Waals surface area contributed by atoms with Crippen LogP contribution in [-0.2, 0) is 11.3 Å². The number of aromatic amines is 1. The molecular formula is C10H13FN2O6. The summed E-state index contributed by atoms with van der Waals surface area (Å²) < 4.78 is 19.5. The van der Waals surface area contributed by atoms with E-state index in [1.165, 1.54) is 0 Å². The van der Waals surface area contributed by atoms with Crippen molar-refractivity contribution in [1.82, 2.24) is 9.55 Å². The Bertz CT molecular complexity index is 584. The lowest BCUT2D eigenvalue weighted by Gasteiger charge is -2.20. The van der Waals surface area contributed by atoms with Gasteiger partial charge in [0.25, 0.3) is 11.4 Å². The predicted octanol–water partition coefficient (Wildman–Crippen LogP) is -2.03. The topological polar surface area (TPSA) is 125 Å². The summed E-state index contributed by atoms with van der Waals surface area (Å²) >= 11 is 0. The van der Waals surface area contributed by atoms with Crippen LogP contribution in [0.3, 0.4) is 0 Å². The van der Waals surface area contributed by atoms with E-state index in [-0.39, 0.29) is 12.0 Å². The van der Waals surface area contributed by atoms with Gasteiger partial charge < -0.3 is 20.1 Å². The minimum absolute atomic E-state index is 0.0990. The summed E-state index contributed by atoms with van der Waals surface area (Å²) in [6.45, 7) is -1.67. The van der Waals surface area contributed by atoms with Crippen molar-refractivity contribution in [2.75, 3.05) is 6.61 Å². The lowest BCUT2D eigenvalue weighted by molar-refractivity contribution is -0.207. The second-order valence-corrected chi connectivity index (χ2v) is 4.25. The summed E-state index contributed by atoms with van der Waals surface area (Å²) in [6, 6.07) is 0. The summed E-state index contributed by atoms with van der Waals surface area (Å²) in [6.07, 6.45) is -2.02. The van der Waals surface area contributed by atoms with E-state index in [2.05, 4.69) is 0 Å². The Kier molecular flexibility index (Phi) is 3.54. The van der Waals surface area contributed by atoms with E-state index in [1.54, 1.807) is 0 Å². The molecule has 0 unspecified atom stereocenters. The molecule has 2 rings (SSSR count). The smallest absolute Gasteiger partial charge is 0.330 e. The zero-order chi connectivity index (χ0) is 14.2. The van der Waals surface area contributed by atoms with Gasteiger partial charge in [0.2, 0.25) is 0 Å². The Balaban J connectivity index is 2.39. The summed E-state index contributed by atoms with van der Waals surface area (Å²) in [5, 5.41) is 27.2. The molecule has 0 amide bonds. The molecule has 106 valence electrons. The Morgan fingerprint density at radius 3 is 2.74 bits per heavy atom. The van der Waals surface area contributed by atoms with Gasteiger partial charge in [-0.3, -0.25) is 14.3 Å². The molecule has 1 saturated heterocycles. The maximum atomic E-state index is 13.8. The van der Waals surface area contributed by atoms with Gasteiger partial charge in [-0.05, 0) is 0 Å². The van der Waals surface area contributed by atoms with Gasteiger partial charge in [-0.2, -0.15) is 0 Å². The Labute approximate surface area is 105 Å². The highest BCUT2D eigenvalue weighted by Gasteiger charge is 2.49. The minimum atomic E-state index is -2.65. The average Bonchev–Trinajstić information content (AvgIpc) is 2.66. The molecule has 19 heavy (non-hydrogen) atoms. The van der Waals surface area contributed by atoms with E-state index < -0.39 is 42.6 Å². The van der Waals surface area contributed by atoms with Crippen LogP contribution in [0.4, 0.5) is 4.39 Å². The highest BCUT2D eigenvalue weighted by molar-refractivity contribution is 5.04. The first-order valence-corrected chi connectivity index (χ1v) is 5.52. The molecule has 0 spiro atoms. The first-order chi connectivity index (χ1) is 8.91. The van der Waals surface area contributed by atoms with Gasteiger partial charge in [0.1, 0.15) is 18.9 Å². The number of hydrogen-bond donors (Lipinski definition) is 4. The van der Waals surface area contributed by atoms with Crippen molar-refractivity contribution in [3.8, 4) is 0 Å². The van der Waals surface area contributed by atoms with Crippen molar-refractivity contribution in [3.63, 3.8) is 0 Å². The molecule has 2 heterocycles. The fourth-order valence-corrected chi connectivity index (χ4v) is 1.89. The monoisotopic (exact) mass is 276 g/mol. The highest BCUT2D eigenvalue weighted by atomic mass is 19.2. The highest BCUT2D eigenvalue weighted by Crippen LogP contribution is 2.36. The van der Waals surface area contributed by atoms with Crippen LogP contribution in [0.15, 0.2) is 15.8 Å². The number of aliphatic hydroxyl groups is 3. The number of nitrogens with zero attached hydrogens (tertiary/aromatic N) is 1. The molecule has 1 aliphatic heterocycles. The summed E-state index contributed by atoms with van der Waals surface area (Å²) in [7, 11) is 0. The lowest BCUT2D eigenvalue weighted by atomic mass is 10.1. The third kappa shape index (κ3) is 2.32. The zero-order valence-corrected chi connectivity index (χ0v) is 9.74. The summed E-state index contributed by atoms with van der Waals surface area (Å²) in [5.74, 6) is -2.65. The fourth-order valence-electron chi connectivity index (χ4n) is 1.89. The number of ether oxygens (including phenoxy) is 1. The molecule has 1 aromatic heterocycles. The molecule has 9 heteroatoms. The number of hydrogen-bond acceptors (Lipinski definition) is 6. The van der Waals surface area contributed by atoms with Crippen molar-refractivity contribution in [2.45, 2.75) is 31.2 Å². The molecule has 3 atom stereocenters. The molecule has 0 saturated carbocycles. The molecule has 0 bridgehead atoms. The Morgan fingerprint density at radius 2 is 2.21 bits per heavy atom. The van der Waals surface area contributed by atoms with E-state index in [4.69, 9.17) is 14.9 Å². The van der Waals surface area contributed by atoms with Crippen molar-refractivity contribution in [2.24, 2.45) is 0 Å². The second kappa shape index (κ2) is 4.85. The maximum Gasteiger partial charge on any atom is 0.330 e. The quantitative estimate of drug-likeness (QED) is 0.504. The molecule has 0 radical (unpaired) electrons.